The van der Waals surface area contributed by atoms with Crippen molar-refractivity contribution in [3.8, 4) is 0 Å². The molecule has 0 radical (unpaired) electrons. The Morgan fingerprint density at radius 2 is 2.05 bits per heavy atom. The van der Waals surface area contributed by atoms with Gasteiger partial charge in [-0.2, -0.15) is 0 Å². The van der Waals surface area contributed by atoms with Crippen LogP contribution in [0.15, 0.2) is 47.6 Å². The van der Waals surface area contributed by atoms with Crippen molar-refractivity contribution in [1.82, 2.24) is 4.98 Å². The number of para-hydroxylation sites is 1. The van der Waals surface area contributed by atoms with E-state index in [4.69, 9.17) is 0 Å². The summed E-state index contributed by atoms with van der Waals surface area (Å²) in [5.74, 6) is 0. The molecule has 0 aliphatic heterocycles. The first-order chi connectivity index (χ1) is 8.92. The molecule has 1 N–H and O–H groups in total. The van der Waals surface area contributed by atoms with Gasteiger partial charge in [0.05, 0.1) is 10.2 Å². The van der Waals surface area contributed by atoms with Crippen LogP contribution in [0.3, 0.4) is 0 Å². The molecule has 0 saturated heterocycles. The molecule has 1 aromatic heterocycles. The van der Waals surface area contributed by atoms with Gasteiger partial charge in [-0.15, -0.1) is 0 Å². The summed E-state index contributed by atoms with van der Waals surface area (Å²) in [6.45, 7) is 0. The molecule has 0 fully saturated rings. The van der Waals surface area contributed by atoms with Crippen LogP contribution < -0.4 is 108 Å². The van der Waals surface area contributed by atoms with Crippen LogP contribution in [0.25, 0.3) is 10.2 Å². The molecule has 0 amide bonds. The first-order valence-corrected chi connectivity index (χ1v) is 6.26. The monoisotopic (exact) mass is 329 g/mol. The predicted molar refractivity (Wildman–Crippen MR) is 75.0 cm³/mol. The Kier molecular flexibility index (Phi) is 9.52. The van der Waals surface area contributed by atoms with Gasteiger partial charge in [-0.25, -0.2) is 15.6 Å². The minimum atomic E-state index is 0. The summed E-state index contributed by atoms with van der Waals surface area (Å²) in [5, 5.41) is 4.91. The smallest absolute Gasteiger partial charge is 0.286 e. The topological polar surface area (TPSA) is 37.3 Å². The molecule has 3 rings (SSSR count). The molecule has 88 valence electrons. The van der Waals surface area contributed by atoms with Crippen molar-refractivity contribution >= 4 is 32.9 Å². The number of hydrogen-bond acceptors (Lipinski definition) is 4. The Morgan fingerprint density at radius 1 is 1.20 bits per heavy atom. The zero-order chi connectivity index (χ0) is 12.2. The largest absolute Gasteiger partial charge is 1.00 e. The van der Waals surface area contributed by atoms with E-state index < -0.39 is 0 Å². The second kappa shape index (κ2) is 9.96. The van der Waals surface area contributed by atoms with Gasteiger partial charge in [0.1, 0.15) is 0 Å². The number of fused-ring (bicyclic) bond motifs is 1. The van der Waals surface area contributed by atoms with E-state index in [0.717, 1.165) is 20.9 Å². The van der Waals surface area contributed by atoms with Crippen molar-refractivity contribution in [3.05, 3.63) is 60.2 Å². The van der Waals surface area contributed by atoms with Crippen LogP contribution in [0.5, 0.6) is 0 Å². The average Bonchev–Trinajstić information content (AvgIpc) is 2.82. The van der Waals surface area contributed by atoms with Gasteiger partial charge in [-0.1, -0.05) is 29.7 Å². The molecule has 6 heteroatoms. The van der Waals surface area contributed by atoms with Crippen molar-refractivity contribution in [1.29, 1.82) is 0 Å². The Morgan fingerprint density at radius 3 is 2.80 bits per heavy atom. The zero-order valence-electron chi connectivity index (χ0n) is 11.4. The van der Waals surface area contributed by atoms with Crippen molar-refractivity contribution in [2.24, 2.45) is 5.10 Å². The van der Waals surface area contributed by atoms with Crippen LogP contribution in [-0.2, 0) is 0 Å². The maximum atomic E-state index is 4.42. The van der Waals surface area contributed by atoms with Gasteiger partial charge < -0.3 is 0 Å². The molecule has 0 atom stereocenters. The van der Waals surface area contributed by atoms with Gasteiger partial charge >= 0.3 is 103 Å². The molecular weight excluding hydrogens is 320 g/mol. The normalized spacial score (nSPS) is 10.0. The van der Waals surface area contributed by atoms with Crippen molar-refractivity contribution in [2.75, 3.05) is 5.43 Å². The van der Waals surface area contributed by atoms with Crippen molar-refractivity contribution in [2.45, 2.75) is 0 Å². The Balaban J connectivity index is 0.000001000. The predicted octanol–water partition coefficient (Wildman–Crippen LogP) is -2.65. The molecule has 0 spiro atoms. The standard InChI is InChI=1S/C14H9N3S.2K/c1-2-6-11(7-3-1)10-15-17-14-16-12-8-4-5-9-13(12)18-14;;/h1-2,4-5,7-10H,(H,16,17);;/q-2;2*+1/b15-10+;;. The summed E-state index contributed by atoms with van der Waals surface area (Å²) >= 11 is 1.58. The summed E-state index contributed by atoms with van der Waals surface area (Å²) < 4.78 is 1.15. The number of thiazole rings is 1. The van der Waals surface area contributed by atoms with E-state index in [2.05, 4.69) is 27.6 Å². The van der Waals surface area contributed by atoms with E-state index in [1.165, 1.54) is 0 Å². The van der Waals surface area contributed by atoms with Crippen LogP contribution in [0.2, 0.25) is 0 Å². The number of benzene rings is 2. The van der Waals surface area contributed by atoms with Crippen molar-refractivity contribution in [3.63, 3.8) is 0 Å². The van der Waals surface area contributed by atoms with Crippen LogP contribution in [-0.4, -0.2) is 11.2 Å². The number of nitrogens with zero attached hydrogens (tertiary/aromatic N) is 2. The van der Waals surface area contributed by atoms with Gasteiger partial charge in [-0.05, 0) is 12.1 Å². The second-order valence-electron chi connectivity index (χ2n) is 3.60. The van der Waals surface area contributed by atoms with E-state index >= 15 is 0 Å². The molecule has 3 aromatic rings. The van der Waals surface area contributed by atoms with E-state index in [-0.39, 0.29) is 103 Å². The van der Waals surface area contributed by atoms with Crippen LogP contribution in [0.1, 0.15) is 5.56 Å². The third-order valence-electron chi connectivity index (χ3n) is 2.33. The molecule has 0 unspecified atom stereocenters. The Labute approximate surface area is 207 Å². The second-order valence-corrected chi connectivity index (χ2v) is 4.63. The van der Waals surface area contributed by atoms with Gasteiger partial charge in [0.15, 0.2) is 0 Å². The molecular formula is C14H9K2N3S. The number of anilines is 1. The minimum Gasteiger partial charge on any atom is -0.286 e. The maximum Gasteiger partial charge on any atom is 1.00 e. The summed E-state index contributed by atoms with van der Waals surface area (Å²) in [5.41, 5.74) is 4.79. The first-order valence-electron chi connectivity index (χ1n) is 5.44. The fraction of sp³-hybridized carbons (Fsp3) is 0. The number of nitrogens with one attached hydrogen (secondary N) is 1. The van der Waals surface area contributed by atoms with E-state index in [9.17, 15) is 0 Å². The summed E-state index contributed by atoms with van der Waals surface area (Å²) in [6, 6.07) is 19.5. The molecule has 0 aliphatic rings. The van der Waals surface area contributed by atoms with Crippen molar-refractivity contribution < 1.29 is 103 Å². The number of rotatable bonds is 3. The molecule has 20 heavy (non-hydrogen) atoms. The molecule has 1 heterocycles. The van der Waals surface area contributed by atoms with E-state index in [1.807, 2.05) is 30.3 Å². The van der Waals surface area contributed by atoms with E-state index in [1.54, 1.807) is 29.7 Å². The molecule has 2 aromatic carbocycles. The zero-order valence-corrected chi connectivity index (χ0v) is 18.5. The third kappa shape index (κ3) is 5.37. The molecule has 0 saturated carbocycles. The number of hydrazone groups is 1. The molecule has 0 bridgehead atoms. The number of aromatic nitrogens is 1. The fourth-order valence-electron chi connectivity index (χ4n) is 1.52. The summed E-state index contributed by atoms with van der Waals surface area (Å²) in [7, 11) is 0. The van der Waals surface area contributed by atoms with Crippen LogP contribution >= 0.6 is 11.3 Å². The van der Waals surface area contributed by atoms with Crippen LogP contribution in [0, 0.1) is 12.1 Å². The summed E-state index contributed by atoms with van der Waals surface area (Å²) in [6.07, 6.45) is 1.70. The Hall–Kier alpha value is 1.07. The van der Waals surface area contributed by atoms with Gasteiger partial charge in [0, 0.05) is 0 Å². The molecule has 0 aliphatic carbocycles. The molecule has 3 nitrogen and oxygen atoms in total. The quantitative estimate of drug-likeness (QED) is 0.247. The third-order valence-corrected chi connectivity index (χ3v) is 3.27. The van der Waals surface area contributed by atoms with Gasteiger partial charge in [-0.3, -0.25) is 35.8 Å². The van der Waals surface area contributed by atoms with E-state index in [0.29, 0.717) is 0 Å². The fourth-order valence-corrected chi connectivity index (χ4v) is 2.33. The maximum absolute atomic E-state index is 4.42. The average molecular weight is 330 g/mol. The minimum absolute atomic E-state index is 0. The van der Waals surface area contributed by atoms with Gasteiger partial charge in [0.25, 0.3) is 0 Å². The van der Waals surface area contributed by atoms with Gasteiger partial charge in [0.2, 0.25) is 5.13 Å². The first kappa shape index (κ1) is 19.1. The SMILES string of the molecule is [K+].[K+].[c-]1cc[c-]c(/C=N/Nc2nc3ccccc3s2)c1. The summed E-state index contributed by atoms with van der Waals surface area (Å²) in [4.78, 5) is 4.42. The number of hydrogen-bond donors (Lipinski definition) is 1. The Bertz CT molecular complexity index is 650. The van der Waals surface area contributed by atoms with Crippen LogP contribution in [0.4, 0.5) is 5.13 Å².